The summed E-state index contributed by atoms with van der Waals surface area (Å²) in [5.74, 6) is 0.858. The van der Waals surface area contributed by atoms with Crippen LogP contribution in [0.1, 0.15) is 52.9 Å². The van der Waals surface area contributed by atoms with Gasteiger partial charge in [-0.25, -0.2) is 0 Å². The molecule has 0 N–H and O–H groups in total. The molecule has 1 unspecified atom stereocenters. The second-order valence-corrected chi connectivity index (χ2v) is 5.41. The van der Waals surface area contributed by atoms with E-state index in [1.165, 1.54) is 36.8 Å². The molecule has 1 heteroatoms. The van der Waals surface area contributed by atoms with E-state index < -0.39 is 0 Å². The molecule has 1 saturated carbocycles. The number of hydrogen-bond donors (Lipinski definition) is 0. The number of hydrogen-bond acceptors (Lipinski definition) is 1. The van der Waals surface area contributed by atoms with Crippen LogP contribution in [0.25, 0.3) is 0 Å². The predicted molar refractivity (Wildman–Crippen MR) is 58.1 cm³/mol. The van der Waals surface area contributed by atoms with Crippen LogP contribution >= 0.6 is 0 Å². The van der Waals surface area contributed by atoms with Gasteiger partial charge in [0.25, 0.3) is 0 Å². The standard InChI is InChI=1S/C13H20O/c1-9(2)12-10-6-4-5-7-13(10,3)8-11(12)14/h9H,4-8H2,1-3H3. The van der Waals surface area contributed by atoms with Crippen LogP contribution in [-0.2, 0) is 4.79 Å². The molecule has 14 heavy (non-hydrogen) atoms. The fourth-order valence-electron chi connectivity index (χ4n) is 3.21. The Kier molecular flexibility index (Phi) is 2.29. The molecule has 0 amide bonds. The van der Waals surface area contributed by atoms with Crippen molar-refractivity contribution in [3.8, 4) is 0 Å². The monoisotopic (exact) mass is 192 g/mol. The number of Topliss-reactive ketones (excluding diaryl/α,β-unsaturated/α-hetero) is 1. The highest BCUT2D eigenvalue weighted by atomic mass is 16.1. The summed E-state index contributed by atoms with van der Waals surface area (Å²) in [5.41, 5.74) is 2.92. The van der Waals surface area contributed by atoms with Crippen LogP contribution in [0.5, 0.6) is 0 Å². The van der Waals surface area contributed by atoms with E-state index >= 15 is 0 Å². The summed E-state index contributed by atoms with van der Waals surface area (Å²) < 4.78 is 0. The van der Waals surface area contributed by atoms with Crippen LogP contribution in [0.2, 0.25) is 0 Å². The number of carbonyl (C=O) groups is 1. The minimum atomic E-state index is 0.245. The van der Waals surface area contributed by atoms with Gasteiger partial charge in [-0.05, 0) is 36.2 Å². The predicted octanol–water partition coefficient (Wildman–Crippen LogP) is 3.49. The van der Waals surface area contributed by atoms with Gasteiger partial charge in [0.1, 0.15) is 0 Å². The molecule has 2 aliphatic rings. The third-order valence-electron chi connectivity index (χ3n) is 3.89. The number of rotatable bonds is 1. The highest BCUT2D eigenvalue weighted by molar-refractivity contribution is 6.00. The summed E-state index contributed by atoms with van der Waals surface area (Å²) in [6, 6.07) is 0. The molecule has 1 fully saturated rings. The normalized spacial score (nSPS) is 32.7. The maximum Gasteiger partial charge on any atom is 0.159 e. The zero-order valence-electron chi connectivity index (χ0n) is 9.52. The van der Waals surface area contributed by atoms with Crippen LogP contribution in [0, 0.1) is 11.3 Å². The van der Waals surface area contributed by atoms with E-state index in [0.717, 1.165) is 6.42 Å². The van der Waals surface area contributed by atoms with E-state index in [9.17, 15) is 4.79 Å². The Morgan fingerprint density at radius 1 is 1.29 bits per heavy atom. The van der Waals surface area contributed by atoms with E-state index in [0.29, 0.717) is 11.7 Å². The van der Waals surface area contributed by atoms with Crippen molar-refractivity contribution in [2.75, 3.05) is 0 Å². The van der Waals surface area contributed by atoms with E-state index in [4.69, 9.17) is 0 Å². The lowest BCUT2D eigenvalue weighted by Gasteiger charge is -2.32. The third-order valence-corrected chi connectivity index (χ3v) is 3.89. The summed E-state index contributed by atoms with van der Waals surface area (Å²) in [4.78, 5) is 11.9. The first-order chi connectivity index (χ1) is 6.54. The highest BCUT2D eigenvalue weighted by Gasteiger charge is 2.43. The first-order valence-corrected chi connectivity index (χ1v) is 5.81. The average Bonchev–Trinajstić information content (AvgIpc) is 2.34. The Bertz CT molecular complexity index is 298. The van der Waals surface area contributed by atoms with Gasteiger partial charge in [-0.15, -0.1) is 0 Å². The first-order valence-electron chi connectivity index (χ1n) is 5.81. The van der Waals surface area contributed by atoms with Crippen LogP contribution in [0.4, 0.5) is 0 Å². The maximum atomic E-state index is 11.9. The molecule has 1 atom stereocenters. The van der Waals surface area contributed by atoms with Gasteiger partial charge in [0.15, 0.2) is 5.78 Å². The average molecular weight is 192 g/mol. The second kappa shape index (κ2) is 3.22. The third kappa shape index (κ3) is 1.34. The quantitative estimate of drug-likeness (QED) is 0.621. The second-order valence-electron chi connectivity index (χ2n) is 5.41. The van der Waals surface area contributed by atoms with E-state index in [2.05, 4.69) is 20.8 Å². The van der Waals surface area contributed by atoms with E-state index in [1.807, 2.05) is 0 Å². The molecule has 0 aromatic heterocycles. The molecule has 0 radical (unpaired) electrons. The van der Waals surface area contributed by atoms with Crippen LogP contribution in [-0.4, -0.2) is 5.78 Å². The van der Waals surface area contributed by atoms with Crippen molar-refractivity contribution in [3.05, 3.63) is 11.1 Å². The van der Waals surface area contributed by atoms with E-state index in [1.54, 1.807) is 0 Å². The minimum Gasteiger partial charge on any atom is -0.295 e. The van der Waals surface area contributed by atoms with E-state index in [-0.39, 0.29) is 5.41 Å². The summed E-state index contributed by atoms with van der Waals surface area (Å²) in [6.07, 6.45) is 5.78. The lowest BCUT2D eigenvalue weighted by Crippen LogP contribution is -2.20. The molecule has 0 bridgehead atoms. The molecule has 0 aromatic rings. The fourth-order valence-corrected chi connectivity index (χ4v) is 3.21. The molecule has 1 nitrogen and oxygen atoms in total. The number of carbonyl (C=O) groups excluding carboxylic acids is 1. The molecule has 0 heterocycles. The Morgan fingerprint density at radius 3 is 2.64 bits per heavy atom. The maximum absolute atomic E-state index is 11.9. The largest absolute Gasteiger partial charge is 0.295 e. The van der Waals surface area contributed by atoms with Gasteiger partial charge in [0, 0.05) is 6.42 Å². The molecule has 0 aromatic carbocycles. The van der Waals surface area contributed by atoms with Gasteiger partial charge in [-0.2, -0.15) is 0 Å². The molecule has 0 saturated heterocycles. The van der Waals surface area contributed by atoms with Crippen molar-refractivity contribution in [1.29, 1.82) is 0 Å². The van der Waals surface area contributed by atoms with Crippen molar-refractivity contribution < 1.29 is 4.79 Å². The topological polar surface area (TPSA) is 17.1 Å². The summed E-state index contributed by atoms with van der Waals surface area (Å²) in [6.45, 7) is 6.59. The van der Waals surface area contributed by atoms with Crippen molar-refractivity contribution in [3.63, 3.8) is 0 Å². The molecular formula is C13H20O. The number of fused-ring (bicyclic) bond motifs is 1. The zero-order chi connectivity index (χ0) is 10.3. The lowest BCUT2D eigenvalue weighted by atomic mass is 9.72. The van der Waals surface area contributed by atoms with Gasteiger partial charge in [-0.1, -0.05) is 32.8 Å². The van der Waals surface area contributed by atoms with Gasteiger partial charge in [-0.3, -0.25) is 4.79 Å². The Hall–Kier alpha value is -0.590. The summed E-state index contributed by atoms with van der Waals surface area (Å²) >= 11 is 0. The number of ketones is 1. The molecular weight excluding hydrogens is 172 g/mol. The Balaban J connectivity index is 2.43. The van der Waals surface area contributed by atoms with Gasteiger partial charge in [0.05, 0.1) is 0 Å². The summed E-state index contributed by atoms with van der Waals surface area (Å²) in [7, 11) is 0. The molecule has 2 aliphatic carbocycles. The molecule has 0 aliphatic heterocycles. The summed E-state index contributed by atoms with van der Waals surface area (Å²) in [5, 5.41) is 0. The highest BCUT2D eigenvalue weighted by Crippen LogP contribution is 2.51. The Labute approximate surface area is 86.6 Å². The first kappa shape index (κ1) is 9.95. The van der Waals surface area contributed by atoms with Crippen molar-refractivity contribution in [2.45, 2.75) is 52.9 Å². The fraction of sp³-hybridized carbons (Fsp3) is 0.769. The van der Waals surface area contributed by atoms with Crippen LogP contribution < -0.4 is 0 Å². The minimum absolute atomic E-state index is 0.245. The zero-order valence-corrected chi connectivity index (χ0v) is 9.52. The number of allylic oxidation sites excluding steroid dienone is 2. The van der Waals surface area contributed by atoms with Crippen LogP contribution in [0.15, 0.2) is 11.1 Å². The smallest absolute Gasteiger partial charge is 0.159 e. The van der Waals surface area contributed by atoms with Crippen molar-refractivity contribution in [1.82, 2.24) is 0 Å². The SMILES string of the molecule is CC(C)C1=C2CCCCC2(C)CC1=O. The molecule has 2 rings (SSSR count). The van der Waals surface area contributed by atoms with Crippen molar-refractivity contribution >= 4 is 5.78 Å². The van der Waals surface area contributed by atoms with Gasteiger partial charge >= 0.3 is 0 Å². The van der Waals surface area contributed by atoms with Gasteiger partial charge < -0.3 is 0 Å². The Morgan fingerprint density at radius 2 is 2.00 bits per heavy atom. The molecule has 78 valence electrons. The molecule has 0 spiro atoms. The van der Waals surface area contributed by atoms with Crippen LogP contribution in [0.3, 0.4) is 0 Å². The lowest BCUT2D eigenvalue weighted by molar-refractivity contribution is -0.116. The van der Waals surface area contributed by atoms with Crippen molar-refractivity contribution in [2.24, 2.45) is 11.3 Å². The van der Waals surface area contributed by atoms with Gasteiger partial charge in [0.2, 0.25) is 0 Å².